The molecule has 1 N–H and O–H groups in total. The van der Waals surface area contributed by atoms with Crippen LogP contribution in [0, 0.1) is 0 Å². The summed E-state index contributed by atoms with van der Waals surface area (Å²) in [4.78, 5) is 27.6. The Morgan fingerprint density at radius 2 is 1.34 bits per heavy atom. The lowest BCUT2D eigenvalue weighted by Crippen LogP contribution is -2.43. The van der Waals surface area contributed by atoms with Crippen LogP contribution in [0.2, 0.25) is 0 Å². The van der Waals surface area contributed by atoms with Crippen LogP contribution in [0.4, 0.5) is 0 Å². The van der Waals surface area contributed by atoms with E-state index in [4.69, 9.17) is 0 Å². The second kappa shape index (κ2) is 7.01. The Hall–Kier alpha value is -2.62. The van der Waals surface area contributed by atoms with Gasteiger partial charge in [0.1, 0.15) is 0 Å². The summed E-state index contributed by atoms with van der Waals surface area (Å²) in [5.74, 6) is -0.833. The molecule has 152 valence electrons. The standard InChI is InChI=1S/C25H29NO3/c1-15(2)26(16(3)4)23(27)19-9-5-7-17-11-13-25(21(17)19)14-12-18-8-6-10-20(22(18)25)24(28)29/h5-10,15-16H,11-14H2,1-4H3,(H,28,29)/t25-/m0/s1. The number of rotatable bonds is 4. The number of aryl methyl sites for hydroxylation is 2. The molecular weight excluding hydrogens is 362 g/mol. The van der Waals surface area contributed by atoms with Gasteiger partial charge in [-0.1, -0.05) is 24.3 Å². The molecule has 4 nitrogen and oxygen atoms in total. The highest BCUT2D eigenvalue weighted by Gasteiger charge is 2.49. The largest absolute Gasteiger partial charge is 0.478 e. The van der Waals surface area contributed by atoms with E-state index in [1.54, 1.807) is 6.07 Å². The first kappa shape index (κ1) is 19.7. The second-order valence-corrected chi connectivity index (χ2v) is 8.97. The summed E-state index contributed by atoms with van der Waals surface area (Å²) in [6, 6.07) is 11.8. The molecule has 0 aliphatic heterocycles. The first-order chi connectivity index (χ1) is 13.8. The molecule has 2 aromatic carbocycles. The third kappa shape index (κ3) is 2.88. The summed E-state index contributed by atoms with van der Waals surface area (Å²) in [6.45, 7) is 8.18. The van der Waals surface area contributed by atoms with E-state index in [0.717, 1.165) is 47.9 Å². The quantitative estimate of drug-likeness (QED) is 0.813. The minimum Gasteiger partial charge on any atom is -0.478 e. The molecule has 0 radical (unpaired) electrons. The Balaban J connectivity index is 1.94. The number of amides is 1. The van der Waals surface area contributed by atoms with Crippen molar-refractivity contribution in [3.8, 4) is 0 Å². The Bertz CT molecular complexity index is 980. The fourth-order valence-electron chi connectivity index (χ4n) is 5.75. The molecule has 0 aromatic heterocycles. The SMILES string of the molecule is CC(C)N(C(=O)c1cccc2c1[C@@]1(CCc3cccc(C(=O)O)c31)CC2)C(C)C. The van der Waals surface area contributed by atoms with Crippen molar-refractivity contribution in [1.29, 1.82) is 0 Å². The van der Waals surface area contributed by atoms with Gasteiger partial charge < -0.3 is 10.0 Å². The average molecular weight is 392 g/mol. The number of fused-ring (bicyclic) bond motifs is 4. The number of hydrogen-bond acceptors (Lipinski definition) is 2. The number of carbonyl (C=O) groups is 2. The molecule has 2 aliphatic carbocycles. The Morgan fingerprint density at radius 1 is 0.862 bits per heavy atom. The number of nitrogens with zero attached hydrogens (tertiary/aromatic N) is 1. The first-order valence-electron chi connectivity index (χ1n) is 10.6. The van der Waals surface area contributed by atoms with E-state index in [-0.39, 0.29) is 23.4 Å². The number of aromatic carboxylic acids is 1. The van der Waals surface area contributed by atoms with Gasteiger partial charge in [0.15, 0.2) is 0 Å². The molecule has 29 heavy (non-hydrogen) atoms. The van der Waals surface area contributed by atoms with Gasteiger partial charge in [-0.25, -0.2) is 4.79 Å². The van der Waals surface area contributed by atoms with E-state index in [2.05, 4.69) is 6.07 Å². The van der Waals surface area contributed by atoms with Crippen molar-refractivity contribution in [2.45, 2.75) is 70.9 Å². The maximum absolute atomic E-state index is 13.7. The molecule has 0 saturated carbocycles. The topological polar surface area (TPSA) is 57.6 Å². The molecule has 4 rings (SSSR count). The van der Waals surface area contributed by atoms with Crippen molar-refractivity contribution < 1.29 is 14.7 Å². The highest BCUT2D eigenvalue weighted by atomic mass is 16.4. The fourth-order valence-corrected chi connectivity index (χ4v) is 5.75. The molecule has 0 fully saturated rings. The van der Waals surface area contributed by atoms with Gasteiger partial charge in [0, 0.05) is 23.1 Å². The molecule has 1 spiro atoms. The van der Waals surface area contributed by atoms with Crippen molar-refractivity contribution >= 4 is 11.9 Å². The Kier molecular flexibility index (Phi) is 4.76. The van der Waals surface area contributed by atoms with Crippen LogP contribution in [0.5, 0.6) is 0 Å². The van der Waals surface area contributed by atoms with E-state index in [1.807, 2.05) is 56.9 Å². The molecule has 4 heteroatoms. The Labute approximate surface area is 172 Å². The van der Waals surface area contributed by atoms with E-state index < -0.39 is 5.97 Å². The highest BCUT2D eigenvalue weighted by molar-refractivity contribution is 5.98. The van der Waals surface area contributed by atoms with Gasteiger partial charge in [-0.2, -0.15) is 0 Å². The zero-order valence-corrected chi connectivity index (χ0v) is 17.7. The van der Waals surface area contributed by atoms with Crippen LogP contribution in [0.15, 0.2) is 36.4 Å². The molecular formula is C25H29NO3. The Morgan fingerprint density at radius 3 is 1.83 bits per heavy atom. The maximum atomic E-state index is 13.7. The van der Waals surface area contributed by atoms with Crippen LogP contribution in [0.3, 0.4) is 0 Å². The lowest BCUT2D eigenvalue weighted by molar-refractivity contribution is 0.0640. The summed E-state index contributed by atoms with van der Waals surface area (Å²) in [5.41, 5.74) is 5.08. The normalized spacial score (nSPS) is 19.7. The summed E-state index contributed by atoms with van der Waals surface area (Å²) >= 11 is 0. The summed E-state index contributed by atoms with van der Waals surface area (Å²) in [7, 11) is 0. The minimum absolute atomic E-state index is 0.0504. The highest BCUT2D eigenvalue weighted by Crippen LogP contribution is 2.54. The van der Waals surface area contributed by atoms with Crippen LogP contribution < -0.4 is 0 Å². The van der Waals surface area contributed by atoms with Gasteiger partial charge in [-0.15, -0.1) is 0 Å². The average Bonchev–Trinajstić information content (AvgIpc) is 3.23. The van der Waals surface area contributed by atoms with Crippen LogP contribution in [-0.2, 0) is 18.3 Å². The van der Waals surface area contributed by atoms with Crippen LogP contribution in [-0.4, -0.2) is 34.0 Å². The molecule has 1 amide bonds. The second-order valence-electron chi connectivity index (χ2n) is 8.97. The van der Waals surface area contributed by atoms with Crippen molar-refractivity contribution in [1.82, 2.24) is 4.90 Å². The van der Waals surface area contributed by atoms with Crippen LogP contribution in [0.1, 0.15) is 83.5 Å². The molecule has 0 bridgehead atoms. The lowest BCUT2D eigenvalue weighted by Gasteiger charge is -2.34. The van der Waals surface area contributed by atoms with Gasteiger partial charge in [0.25, 0.3) is 5.91 Å². The zero-order valence-electron chi connectivity index (χ0n) is 17.7. The maximum Gasteiger partial charge on any atom is 0.336 e. The van der Waals surface area contributed by atoms with E-state index in [1.165, 1.54) is 5.56 Å². The predicted molar refractivity (Wildman–Crippen MR) is 114 cm³/mol. The summed E-state index contributed by atoms with van der Waals surface area (Å²) in [6.07, 6.45) is 3.48. The number of hydrogen-bond donors (Lipinski definition) is 1. The monoisotopic (exact) mass is 391 g/mol. The van der Waals surface area contributed by atoms with Crippen molar-refractivity contribution in [3.05, 3.63) is 69.8 Å². The molecule has 0 heterocycles. The number of carbonyl (C=O) groups excluding carboxylic acids is 1. The minimum atomic E-state index is -0.883. The predicted octanol–water partition coefficient (Wildman–Crippen LogP) is 4.82. The van der Waals surface area contributed by atoms with E-state index in [0.29, 0.717) is 5.56 Å². The smallest absolute Gasteiger partial charge is 0.336 e. The molecule has 1 atom stereocenters. The third-order valence-electron chi connectivity index (χ3n) is 6.71. The zero-order chi connectivity index (χ0) is 20.9. The van der Waals surface area contributed by atoms with Gasteiger partial charge >= 0.3 is 5.97 Å². The number of carboxylic acids is 1. The van der Waals surface area contributed by atoms with Crippen LogP contribution in [0.25, 0.3) is 0 Å². The van der Waals surface area contributed by atoms with Gasteiger partial charge in [0.05, 0.1) is 5.56 Å². The number of benzene rings is 2. The lowest BCUT2D eigenvalue weighted by atomic mass is 9.73. The summed E-state index contributed by atoms with van der Waals surface area (Å²) < 4.78 is 0. The van der Waals surface area contributed by atoms with Crippen LogP contribution >= 0.6 is 0 Å². The molecule has 0 saturated heterocycles. The molecule has 0 unspecified atom stereocenters. The van der Waals surface area contributed by atoms with Gasteiger partial charge in [-0.3, -0.25) is 4.79 Å². The third-order valence-corrected chi connectivity index (χ3v) is 6.71. The molecule has 2 aliphatic rings. The van der Waals surface area contributed by atoms with E-state index in [9.17, 15) is 14.7 Å². The van der Waals surface area contributed by atoms with Gasteiger partial charge in [0.2, 0.25) is 0 Å². The summed E-state index contributed by atoms with van der Waals surface area (Å²) in [5, 5.41) is 9.88. The first-order valence-corrected chi connectivity index (χ1v) is 10.6. The van der Waals surface area contributed by atoms with E-state index >= 15 is 0 Å². The number of carboxylic acid groups (broad SMARTS) is 1. The fraction of sp³-hybridized carbons (Fsp3) is 0.440. The van der Waals surface area contributed by atoms with Crippen molar-refractivity contribution in [3.63, 3.8) is 0 Å². The molecule has 2 aromatic rings. The van der Waals surface area contributed by atoms with Crippen molar-refractivity contribution in [2.75, 3.05) is 0 Å². The van der Waals surface area contributed by atoms with Crippen molar-refractivity contribution in [2.24, 2.45) is 0 Å². The van der Waals surface area contributed by atoms with Gasteiger partial charge in [-0.05, 0) is 87.8 Å².